The van der Waals surface area contributed by atoms with Gasteiger partial charge in [-0.1, -0.05) is 0 Å². The number of aliphatic hydroxyl groups excluding tert-OH is 1. The Labute approximate surface area is 88.3 Å². The molecule has 5 heteroatoms. The van der Waals surface area contributed by atoms with Gasteiger partial charge >= 0.3 is 0 Å². The van der Waals surface area contributed by atoms with Crippen molar-refractivity contribution in [1.29, 1.82) is 5.26 Å². The van der Waals surface area contributed by atoms with E-state index in [0.29, 0.717) is 31.1 Å². The first kappa shape index (κ1) is 11.4. The molecule has 80 valence electrons. The van der Waals surface area contributed by atoms with E-state index in [1.54, 1.807) is 18.3 Å². The van der Waals surface area contributed by atoms with Crippen LogP contribution in [0.2, 0.25) is 0 Å². The number of ether oxygens (including phenoxy) is 1. The average Bonchev–Trinajstić information content (AvgIpc) is 2.29. The van der Waals surface area contributed by atoms with Gasteiger partial charge in [-0.15, -0.1) is 0 Å². The number of hydrogen-bond donors (Lipinski definition) is 2. The minimum absolute atomic E-state index is 0.0241. The number of pyridine rings is 1. The van der Waals surface area contributed by atoms with Crippen molar-refractivity contribution in [3.05, 3.63) is 24.0 Å². The first-order valence-electron chi connectivity index (χ1n) is 4.66. The van der Waals surface area contributed by atoms with E-state index in [9.17, 15) is 0 Å². The van der Waals surface area contributed by atoms with Gasteiger partial charge in [-0.2, -0.15) is 5.26 Å². The summed E-state index contributed by atoms with van der Waals surface area (Å²) >= 11 is 0. The maximum Gasteiger partial charge on any atom is 0.163 e. The molecule has 15 heavy (non-hydrogen) atoms. The summed E-state index contributed by atoms with van der Waals surface area (Å²) < 4.78 is 5.06. The Hall–Kier alpha value is -1.64. The standard InChI is InChI=1S/C10H13N3O2/c11-8-10-9(2-1-3-12-10)13-4-6-15-7-5-14/h1-3,13-14H,4-7H2. The van der Waals surface area contributed by atoms with Crippen molar-refractivity contribution in [3.63, 3.8) is 0 Å². The van der Waals surface area contributed by atoms with Crippen LogP contribution in [0.4, 0.5) is 5.69 Å². The van der Waals surface area contributed by atoms with E-state index in [4.69, 9.17) is 15.1 Å². The highest BCUT2D eigenvalue weighted by molar-refractivity contribution is 5.53. The van der Waals surface area contributed by atoms with Gasteiger partial charge in [0.15, 0.2) is 5.69 Å². The summed E-state index contributed by atoms with van der Waals surface area (Å²) in [6, 6.07) is 5.54. The molecule has 5 nitrogen and oxygen atoms in total. The summed E-state index contributed by atoms with van der Waals surface area (Å²) in [4.78, 5) is 3.91. The highest BCUT2D eigenvalue weighted by Gasteiger charge is 1.99. The fraction of sp³-hybridized carbons (Fsp3) is 0.400. The second-order valence-electron chi connectivity index (χ2n) is 2.77. The predicted molar refractivity (Wildman–Crippen MR) is 55.3 cm³/mol. The molecule has 0 radical (unpaired) electrons. The van der Waals surface area contributed by atoms with Crippen molar-refractivity contribution in [2.75, 3.05) is 31.7 Å². The number of aliphatic hydroxyl groups is 1. The summed E-state index contributed by atoms with van der Waals surface area (Å²) in [6.45, 7) is 1.43. The van der Waals surface area contributed by atoms with Crippen molar-refractivity contribution in [1.82, 2.24) is 4.98 Å². The number of anilines is 1. The summed E-state index contributed by atoms with van der Waals surface area (Å²) in [5.41, 5.74) is 1.08. The monoisotopic (exact) mass is 207 g/mol. The third kappa shape index (κ3) is 3.94. The van der Waals surface area contributed by atoms with Crippen molar-refractivity contribution in [2.45, 2.75) is 0 Å². The van der Waals surface area contributed by atoms with Gasteiger partial charge in [0, 0.05) is 12.7 Å². The minimum atomic E-state index is 0.0241. The van der Waals surface area contributed by atoms with Gasteiger partial charge < -0.3 is 15.2 Å². The third-order valence-corrected chi connectivity index (χ3v) is 1.71. The van der Waals surface area contributed by atoms with E-state index in [2.05, 4.69) is 10.3 Å². The van der Waals surface area contributed by atoms with E-state index < -0.39 is 0 Å². The Balaban J connectivity index is 2.34. The molecule has 0 saturated carbocycles. The molecule has 0 aliphatic carbocycles. The quantitative estimate of drug-likeness (QED) is 0.659. The van der Waals surface area contributed by atoms with Gasteiger partial charge in [0.25, 0.3) is 0 Å². The molecule has 0 atom stereocenters. The van der Waals surface area contributed by atoms with Crippen molar-refractivity contribution in [2.24, 2.45) is 0 Å². The molecular formula is C10H13N3O2. The van der Waals surface area contributed by atoms with Gasteiger partial charge in [-0.25, -0.2) is 4.98 Å². The summed E-state index contributed by atoms with van der Waals surface area (Å²) in [6.07, 6.45) is 1.58. The van der Waals surface area contributed by atoms with Crippen LogP contribution >= 0.6 is 0 Å². The molecular weight excluding hydrogens is 194 g/mol. The Morgan fingerprint density at radius 2 is 2.40 bits per heavy atom. The summed E-state index contributed by atoms with van der Waals surface area (Å²) in [7, 11) is 0. The van der Waals surface area contributed by atoms with E-state index in [1.807, 2.05) is 6.07 Å². The highest BCUT2D eigenvalue weighted by Crippen LogP contribution is 2.09. The van der Waals surface area contributed by atoms with Crippen LogP contribution in [0.3, 0.4) is 0 Å². The molecule has 0 amide bonds. The van der Waals surface area contributed by atoms with E-state index in [1.165, 1.54) is 0 Å². The number of nitriles is 1. The Morgan fingerprint density at radius 3 is 3.13 bits per heavy atom. The normalized spacial score (nSPS) is 9.60. The lowest BCUT2D eigenvalue weighted by Crippen LogP contribution is -2.12. The second kappa shape index (κ2) is 6.76. The van der Waals surface area contributed by atoms with Crippen LogP contribution in [0.25, 0.3) is 0 Å². The highest BCUT2D eigenvalue weighted by atomic mass is 16.5. The molecule has 2 N–H and O–H groups in total. The van der Waals surface area contributed by atoms with Gasteiger partial charge in [0.2, 0.25) is 0 Å². The van der Waals surface area contributed by atoms with Crippen LogP contribution in [0.5, 0.6) is 0 Å². The van der Waals surface area contributed by atoms with Crippen LogP contribution < -0.4 is 5.32 Å². The van der Waals surface area contributed by atoms with E-state index in [0.717, 1.165) is 0 Å². The van der Waals surface area contributed by atoms with Crippen LogP contribution in [0.1, 0.15) is 5.69 Å². The first-order valence-corrected chi connectivity index (χ1v) is 4.66. The molecule has 0 aromatic carbocycles. The Morgan fingerprint density at radius 1 is 1.53 bits per heavy atom. The molecule has 0 fully saturated rings. The molecule has 1 rings (SSSR count). The number of nitrogens with zero attached hydrogens (tertiary/aromatic N) is 2. The van der Waals surface area contributed by atoms with E-state index in [-0.39, 0.29) is 6.61 Å². The lowest BCUT2D eigenvalue weighted by molar-refractivity contribution is 0.0992. The molecule has 0 aliphatic heterocycles. The number of rotatable bonds is 6. The summed E-state index contributed by atoms with van der Waals surface area (Å²) in [5, 5.41) is 20.2. The fourth-order valence-corrected chi connectivity index (χ4v) is 1.06. The maximum absolute atomic E-state index is 8.74. The largest absolute Gasteiger partial charge is 0.394 e. The van der Waals surface area contributed by atoms with Crippen molar-refractivity contribution < 1.29 is 9.84 Å². The third-order valence-electron chi connectivity index (χ3n) is 1.71. The zero-order chi connectivity index (χ0) is 10.9. The SMILES string of the molecule is N#Cc1ncccc1NCCOCCO. The molecule has 1 aromatic heterocycles. The van der Waals surface area contributed by atoms with Crippen LogP contribution in [0.15, 0.2) is 18.3 Å². The smallest absolute Gasteiger partial charge is 0.163 e. The maximum atomic E-state index is 8.74. The molecule has 1 aromatic rings. The predicted octanol–water partition coefficient (Wildman–Crippen LogP) is 0.374. The topological polar surface area (TPSA) is 78.2 Å². The molecule has 0 saturated heterocycles. The van der Waals surface area contributed by atoms with Crippen molar-refractivity contribution in [3.8, 4) is 6.07 Å². The van der Waals surface area contributed by atoms with Gasteiger partial charge in [0.05, 0.1) is 25.5 Å². The average molecular weight is 207 g/mol. The number of hydrogen-bond acceptors (Lipinski definition) is 5. The van der Waals surface area contributed by atoms with Crippen LogP contribution in [-0.4, -0.2) is 36.5 Å². The van der Waals surface area contributed by atoms with Gasteiger partial charge in [0.1, 0.15) is 6.07 Å². The fourth-order valence-electron chi connectivity index (χ4n) is 1.06. The molecule has 0 unspecified atom stereocenters. The molecule has 0 bridgehead atoms. The lowest BCUT2D eigenvalue weighted by atomic mass is 10.3. The Bertz CT molecular complexity index is 336. The Kier molecular flexibility index (Phi) is 5.15. The lowest BCUT2D eigenvalue weighted by Gasteiger charge is -2.07. The molecule has 0 spiro atoms. The number of aromatic nitrogens is 1. The number of nitrogens with one attached hydrogen (secondary N) is 1. The van der Waals surface area contributed by atoms with Crippen LogP contribution in [0, 0.1) is 11.3 Å². The van der Waals surface area contributed by atoms with Gasteiger partial charge in [-0.3, -0.25) is 0 Å². The zero-order valence-electron chi connectivity index (χ0n) is 8.31. The minimum Gasteiger partial charge on any atom is -0.394 e. The zero-order valence-corrected chi connectivity index (χ0v) is 8.31. The molecule has 1 heterocycles. The second-order valence-corrected chi connectivity index (χ2v) is 2.77. The van der Waals surface area contributed by atoms with Crippen molar-refractivity contribution >= 4 is 5.69 Å². The van der Waals surface area contributed by atoms with Crippen LogP contribution in [-0.2, 0) is 4.74 Å². The summed E-state index contributed by atoms with van der Waals surface area (Å²) in [5.74, 6) is 0. The van der Waals surface area contributed by atoms with Gasteiger partial charge in [-0.05, 0) is 12.1 Å². The molecule has 0 aliphatic rings. The first-order chi connectivity index (χ1) is 7.38. The van der Waals surface area contributed by atoms with E-state index >= 15 is 0 Å².